The van der Waals surface area contributed by atoms with E-state index in [1.54, 1.807) is 7.11 Å². The lowest BCUT2D eigenvalue weighted by Gasteiger charge is -2.26. The second-order valence-electron chi connectivity index (χ2n) is 5.16. The molecule has 0 spiro atoms. The van der Waals surface area contributed by atoms with Crippen LogP contribution in [0, 0.1) is 0 Å². The summed E-state index contributed by atoms with van der Waals surface area (Å²) < 4.78 is 43.2. The van der Waals surface area contributed by atoms with Gasteiger partial charge < -0.3 is 9.64 Å². The first-order valence-corrected chi connectivity index (χ1v) is 7.90. The van der Waals surface area contributed by atoms with Gasteiger partial charge in [-0.15, -0.1) is 0 Å². The Balaban J connectivity index is 1.74. The molecular weight excluding hydrogens is 325 g/mol. The molecule has 3 rings (SSSR count). The Morgan fingerprint density at radius 1 is 1.30 bits per heavy atom. The van der Waals surface area contributed by atoms with Gasteiger partial charge in [-0.1, -0.05) is 29.5 Å². The molecule has 0 unspecified atom stereocenters. The summed E-state index contributed by atoms with van der Waals surface area (Å²) in [6.45, 7) is 1.20. The molecule has 1 aromatic heterocycles. The van der Waals surface area contributed by atoms with Crippen molar-refractivity contribution in [1.82, 2.24) is 4.98 Å². The number of halogens is 3. The molecule has 2 heterocycles. The van der Waals surface area contributed by atoms with Crippen LogP contribution >= 0.6 is 11.3 Å². The minimum Gasteiger partial charge on any atom is -0.497 e. The van der Waals surface area contributed by atoms with Crippen LogP contribution in [0.5, 0.6) is 5.75 Å². The molecule has 0 atom stereocenters. The van der Waals surface area contributed by atoms with Gasteiger partial charge in [0.25, 0.3) is 0 Å². The smallest absolute Gasteiger partial charge is 0.427 e. The molecule has 0 amide bonds. The number of rotatable bonds is 3. The van der Waals surface area contributed by atoms with E-state index in [0.29, 0.717) is 29.6 Å². The summed E-state index contributed by atoms with van der Waals surface area (Å²) in [6.07, 6.45) is -0.629. The summed E-state index contributed by atoms with van der Waals surface area (Å²) in [6, 6.07) is 7.78. The molecule has 0 saturated carbocycles. The highest BCUT2D eigenvalue weighted by molar-refractivity contribution is 7.15. The van der Waals surface area contributed by atoms with E-state index in [1.165, 1.54) is 5.57 Å². The fourth-order valence-corrected chi connectivity index (χ4v) is 3.29. The summed E-state index contributed by atoms with van der Waals surface area (Å²) in [5.74, 6) is 0.792. The largest absolute Gasteiger partial charge is 0.497 e. The van der Waals surface area contributed by atoms with E-state index in [-0.39, 0.29) is 0 Å². The molecule has 0 fully saturated rings. The molecular formula is C16H15F3N2OS. The summed E-state index contributed by atoms with van der Waals surface area (Å²) in [7, 11) is 1.62. The number of thiazole rings is 1. The van der Waals surface area contributed by atoms with E-state index in [4.69, 9.17) is 4.74 Å². The van der Waals surface area contributed by atoms with Crippen LogP contribution in [0.3, 0.4) is 0 Å². The van der Waals surface area contributed by atoms with Crippen LogP contribution in [0.2, 0.25) is 0 Å². The molecule has 1 aliphatic heterocycles. The molecule has 2 aromatic rings. The van der Waals surface area contributed by atoms with Crippen molar-refractivity contribution in [3.8, 4) is 5.75 Å². The number of methoxy groups -OCH3 is 1. The van der Waals surface area contributed by atoms with Crippen molar-refractivity contribution >= 4 is 22.0 Å². The Morgan fingerprint density at radius 3 is 2.74 bits per heavy atom. The number of nitrogens with zero attached hydrogens (tertiary/aromatic N) is 2. The average Bonchev–Trinajstić information content (AvgIpc) is 3.05. The molecule has 23 heavy (non-hydrogen) atoms. The number of aromatic nitrogens is 1. The van der Waals surface area contributed by atoms with Crippen molar-refractivity contribution in [2.45, 2.75) is 12.6 Å². The quantitative estimate of drug-likeness (QED) is 0.825. The summed E-state index contributed by atoms with van der Waals surface area (Å²) in [4.78, 5) is 5.11. The second kappa shape index (κ2) is 6.23. The van der Waals surface area contributed by atoms with Gasteiger partial charge in [-0.05, 0) is 29.7 Å². The predicted molar refractivity (Wildman–Crippen MR) is 84.9 cm³/mol. The molecule has 1 aliphatic rings. The van der Waals surface area contributed by atoms with Crippen LogP contribution in [0.4, 0.5) is 18.3 Å². The zero-order chi connectivity index (χ0) is 16.4. The third-order valence-electron chi connectivity index (χ3n) is 3.69. The maximum absolute atomic E-state index is 12.7. The third-order valence-corrected chi connectivity index (χ3v) is 4.80. The zero-order valence-electron chi connectivity index (χ0n) is 12.4. The summed E-state index contributed by atoms with van der Waals surface area (Å²) in [5, 5.41) is 0.415. The van der Waals surface area contributed by atoms with Gasteiger partial charge in [0, 0.05) is 13.1 Å². The van der Waals surface area contributed by atoms with Gasteiger partial charge in [0.2, 0.25) is 0 Å². The van der Waals surface area contributed by atoms with E-state index in [9.17, 15) is 13.2 Å². The van der Waals surface area contributed by atoms with Crippen molar-refractivity contribution in [2.75, 3.05) is 25.1 Å². The van der Waals surface area contributed by atoms with Crippen molar-refractivity contribution < 1.29 is 17.9 Å². The number of ether oxygens (including phenoxy) is 1. The molecule has 0 aliphatic carbocycles. The second-order valence-corrected chi connectivity index (χ2v) is 6.17. The van der Waals surface area contributed by atoms with E-state index >= 15 is 0 Å². The van der Waals surface area contributed by atoms with E-state index in [0.717, 1.165) is 23.9 Å². The Bertz CT molecular complexity index is 724. The van der Waals surface area contributed by atoms with E-state index in [2.05, 4.69) is 4.98 Å². The number of benzene rings is 1. The third kappa shape index (κ3) is 3.50. The number of anilines is 1. The minimum atomic E-state index is -4.33. The SMILES string of the molecule is COc1cccc(C2=CCN(c3ncc(C(F)(F)F)s3)CC2)c1. The lowest BCUT2D eigenvalue weighted by Crippen LogP contribution is -2.28. The minimum absolute atomic E-state index is 0.415. The fourth-order valence-electron chi connectivity index (χ4n) is 2.47. The molecule has 3 nitrogen and oxygen atoms in total. The van der Waals surface area contributed by atoms with Crippen LogP contribution in [0.25, 0.3) is 5.57 Å². The van der Waals surface area contributed by atoms with Gasteiger partial charge >= 0.3 is 6.18 Å². The van der Waals surface area contributed by atoms with Crippen molar-refractivity contribution in [3.63, 3.8) is 0 Å². The highest BCUT2D eigenvalue weighted by Gasteiger charge is 2.34. The van der Waals surface area contributed by atoms with Crippen LogP contribution < -0.4 is 9.64 Å². The first-order valence-electron chi connectivity index (χ1n) is 7.09. The lowest BCUT2D eigenvalue weighted by atomic mass is 9.99. The van der Waals surface area contributed by atoms with Crippen LogP contribution in [-0.4, -0.2) is 25.2 Å². The highest BCUT2D eigenvalue weighted by Crippen LogP contribution is 2.37. The molecule has 0 saturated heterocycles. The van der Waals surface area contributed by atoms with E-state index in [1.807, 2.05) is 35.2 Å². The van der Waals surface area contributed by atoms with Crippen LogP contribution in [-0.2, 0) is 6.18 Å². The van der Waals surface area contributed by atoms with Crippen molar-refractivity contribution in [3.05, 3.63) is 47.0 Å². The molecule has 0 bridgehead atoms. The van der Waals surface area contributed by atoms with Crippen molar-refractivity contribution in [2.24, 2.45) is 0 Å². The van der Waals surface area contributed by atoms with Crippen LogP contribution in [0.1, 0.15) is 16.9 Å². The van der Waals surface area contributed by atoms with Gasteiger partial charge in [-0.25, -0.2) is 4.98 Å². The standard InChI is InChI=1S/C16H15F3N2OS/c1-22-13-4-2-3-12(9-13)11-5-7-21(8-6-11)15-20-10-14(23-15)16(17,18)19/h2-5,9-10H,6-8H2,1H3. The topological polar surface area (TPSA) is 25.4 Å². The molecule has 0 radical (unpaired) electrons. The number of hydrogen-bond acceptors (Lipinski definition) is 4. The maximum atomic E-state index is 12.7. The van der Waals surface area contributed by atoms with Gasteiger partial charge in [0.05, 0.1) is 13.3 Å². The van der Waals surface area contributed by atoms with Gasteiger partial charge in [-0.2, -0.15) is 13.2 Å². The number of alkyl halides is 3. The lowest BCUT2D eigenvalue weighted by molar-refractivity contribution is -0.134. The summed E-state index contributed by atoms with van der Waals surface area (Å²) in [5.41, 5.74) is 2.26. The molecule has 7 heteroatoms. The molecule has 0 N–H and O–H groups in total. The highest BCUT2D eigenvalue weighted by atomic mass is 32.1. The van der Waals surface area contributed by atoms with E-state index < -0.39 is 11.1 Å². The van der Waals surface area contributed by atoms with Gasteiger partial charge in [-0.3, -0.25) is 0 Å². The first kappa shape index (κ1) is 15.9. The fraction of sp³-hybridized carbons (Fsp3) is 0.312. The summed E-state index contributed by atoms with van der Waals surface area (Å²) >= 11 is 0.690. The van der Waals surface area contributed by atoms with Crippen LogP contribution in [0.15, 0.2) is 36.5 Å². The Labute approximate surface area is 136 Å². The average molecular weight is 340 g/mol. The first-order chi connectivity index (χ1) is 11.0. The zero-order valence-corrected chi connectivity index (χ0v) is 13.2. The van der Waals surface area contributed by atoms with Crippen molar-refractivity contribution in [1.29, 1.82) is 0 Å². The normalized spacial score (nSPS) is 15.5. The Kier molecular flexibility index (Phi) is 4.30. The number of hydrogen-bond donors (Lipinski definition) is 0. The van der Waals surface area contributed by atoms with Gasteiger partial charge in [0.15, 0.2) is 5.13 Å². The molecule has 122 valence electrons. The Morgan fingerprint density at radius 2 is 2.13 bits per heavy atom. The predicted octanol–water partition coefficient (Wildman–Crippen LogP) is 4.46. The van der Waals surface area contributed by atoms with Gasteiger partial charge in [0.1, 0.15) is 10.6 Å². The Hall–Kier alpha value is -2.02. The molecule has 1 aromatic carbocycles. The maximum Gasteiger partial charge on any atom is 0.427 e. The monoisotopic (exact) mass is 340 g/mol.